The van der Waals surface area contributed by atoms with Crippen molar-refractivity contribution < 1.29 is 9.47 Å². The summed E-state index contributed by atoms with van der Waals surface area (Å²) in [6, 6.07) is 0.320. The normalized spacial score (nSPS) is 43.2. The maximum absolute atomic E-state index is 5.90. The van der Waals surface area contributed by atoms with Gasteiger partial charge in [0.2, 0.25) is 0 Å². The van der Waals surface area contributed by atoms with Gasteiger partial charge in [0, 0.05) is 19.3 Å². The summed E-state index contributed by atoms with van der Waals surface area (Å²) in [4.78, 5) is 0. The van der Waals surface area contributed by atoms with Gasteiger partial charge in [0.25, 0.3) is 0 Å². The third kappa shape index (κ3) is 1.63. The molecule has 2 N–H and O–H groups in total. The molecule has 0 bridgehead atoms. The van der Waals surface area contributed by atoms with Crippen molar-refractivity contribution in [3.8, 4) is 0 Å². The topological polar surface area (TPSA) is 44.5 Å². The third-order valence-corrected chi connectivity index (χ3v) is 2.82. The van der Waals surface area contributed by atoms with Crippen LogP contribution in [0.4, 0.5) is 0 Å². The second kappa shape index (κ2) is 3.32. The van der Waals surface area contributed by atoms with Crippen LogP contribution in [0.2, 0.25) is 0 Å². The highest BCUT2D eigenvalue weighted by Gasteiger charge is 2.38. The van der Waals surface area contributed by atoms with E-state index in [4.69, 9.17) is 15.2 Å². The molecule has 0 amide bonds. The molecule has 3 heteroatoms. The Bertz CT molecular complexity index is 149. The van der Waals surface area contributed by atoms with Crippen molar-refractivity contribution in [1.82, 2.24) is 0 Å². The molecule has 2 aliphatic heterocycles. The third-order valence-electron chi connectivity index (χ3n) is 2.82. The van der Waals surface area contributed by atoms with E-state index >= 15 is 0 Å². The summed E-state index contributed by atoms with van der Waals surface area (Å²) in [6.07, 6.45) is 4.22. The molecule has 12 heavy (non-hydrogen) atoms. The zero-order chi connectivity index (χ0) is 8.44. The van der Waals surface area contributed by atoms with Crippen LogP contribution in [0, 0.1) is 0 Å². The van der Waals surface area contributed by atoms with E-state index in [1.165, 1.54) is 0 Å². The zero-order valence-electron chi connectivity index (χ0n) is 7.42. The summed E-state index contributed by atoms with van der Waals surface area (Å²) in [5.74, 6) is 0. The monoisotopic (exact) mass is 171 g/mol. The van der Waals surface area contributed by atoms with Gasteiger partial charge in [0.15, 0.2) is 0 Å². The van der Waals surface area contributed by atoms with Crippen LogP contribution < -0.4 is 5.73 Å². The van der Waals surface area contributed by atoms with Crippen LogP contribution in [-0.4, -0.2) is 31.5 Å². The van der Waals surface area contributed by atoms with Gasteiger partial charge in [-0.05, 0) is 25.7 Å². The Kier molecular flexibility index (Phi) is 2.35. The first-order chi connectivity index (χ1) is 5.81. The molecule has 70 valence electrons. The fraction of sp³-hybridized carbons (Fsp3) is 1.00. The molecular weight excluding hydrogens is 154 g/mol. The lowest BCUT2D eigenvalue weighted by atomic mass is 9.86. The van der Waals surface area contributed by atoms with Crippen molar-refractivity contribution in [3.05, 3.63) is 0 Å². The van der Waals surface area contributed by atoms with E-state index in [1.807, 2.05) is 0 Å². The highest BCUT2D eigenvalue weighted by Crippen LogP contribution is 2.31. The molecule has 0 radical (unpaired) electrons. The molecule has 0 aromatic carbocycles. The van der Waals surface area contributed by atoms with Crippen molar-refractivity contribution in [2.45, 2.75) is 37.3 Å². The molecule has 0 saturated carbocycles. The molecule has 2 rings (SSSR count). The van der Waals surface area contributed by atoms with Gasteiger partial charge in [-0.15, -0.1) is 0 Å². The van der Waals surface area contributed by atoms with Crippen LogP contribution in [0.3, 0.4) is 0 Å². The molecular formula is C9H17NO2. The maximum atomic E-state index is 5.90. The maximum Gasteiger partial charge on any atom is 0.0930 e. The van der Waals surface area contributed by atoms with Crippen molar-refractivity contribution in [2.24, 2.45) is 5.73 Å². The summed E-state index contributed by atoms with van der Waals surface area (Å²) in [5, 5.41) is 0. The smallest absolute Gasteiger partial charge is 0.0930 e. The van der Waals surface area contributed by atoms with Crippen LogP contribution in [-0.2, 0) is 9.47 Å². The van der Waals surface area contributed by atoms with Crippen molar-refractivity contribution in [3.63, 3.8) is 0 Å². The molecule has 0 aromatic rings. The van der Waals surface area contributed by atoms with E-state index in [9.17, 15) is 0 Å². The largest absolute Gasteiger partial charge is 0.378 e. The van der Waals surface area contributed by atoms with Crippen LogP contribution in [0.25, 0.3) is 0 Å². The van der Waals surface area contributed by atoms with E-state index in [-0.39, 0.29) is 5.60 Å². The quantitative estimate of drug-likeness (QED) is 0.582. The number of rotatable bonds is 0. The summed E-state index contributed by atoms with van der Waals surface area (Å²) in [5.41, 5.74) is 5.89. The summed E-state index contributed by atoms with van der Waals surface area (Å²) in [7, 11) is 0. The average Bonchev–Trinajstić information content (AvgIpc) is 2.05. The predicted molar refractivity (Wildman–Crippen MR) is 45.9 cm³/mol. The number of ether oxygens (including phenoxy) is 2. The number of hydrogen-bond donors (Lipinski definition) is 1. The van der Waals surface area contributed by atoms with Gasteiger partial charge in [-0.2, -0.15) is 0 Å². The molecule has 3 nitrogen and oxygen atoms in total. The Morgan fingerprint density at radius 3 is 2.92 bits per heavy atom. The molecule has 0 aromatic heterocycles. The van der Waals surface area contributed by atoms with Crippen LogP contribution in [0.5, 0.6) is 0 Å². The van der Waals surface area contributed by atoms with Gasteiger partial charge in [0.05, 0.1) is 12.2 Å². The lowest BCUT2D eigenvalue weighted by Gasteiger charge is -2.42. The molecule has 0 aliphatic carbocycles. The molecule has 2 fully saturated rings. The standard InChI is InChI=1S/C9H17NO2/c10-8-2-5-12-9(6-8)3-1-4-11-7-9/h8H,1-7,10H2. The van der Waals surface area contributed by atoms with E-state index in [0.29, 0.717) is 6.04 Å². The van der Waals surface area contributed by atoms with Crippen LogP contribution in [0.1, 0.15) is 25.7 Å². The zero-order valence-corrected chi connectivity index (χ0v) is 7.42. The van der Waals surface area contributed by atoms with Crippen molar-refractivity contribution >= 4 is 0 Å². The first kappa shape index (κ1) is 8.48. The van der Waals surface area contributed by atoms with Gasteiger partial charge >= 0.3 is 0 Å². The predicted octanol–water partition coefficient (Wildman–Crippen LogP) is 0.673. The van der Waals surface area contributed by atoms with Crippen molar-refractivity contribution in [2.75, 3.05) is 19.8 Å². The minimum atomic E-state index is -0.0179. The molecule has 2 heterocycles. The average molecular weight is 171 g/mol. The van der Waals surface area contributed by atoms with E-state index in [2.05, 4.69) is 0 Å². The van der Waals surface area contributed by atoms with E-state index < -0.39 is 0 Å². The first-order valence-electron chi connectivity index (χ1n) is 4.78. The van der Waals surface area contributed by atoms with E-state index in [0.717, 1.165) is 45.5 Å². The Labute approximate surface area is 73.2 Å². The lowest BCUT2D eigenvalue weighted by molar-refractivity contribution is -0.153. The Balaban J connectivity index is 1.97. The highest BCUT2D eigenvalue weighted by molar-refractivity contribution is 4.90. The molecule has 2 saturated heterocycles. The number of nitrogens with two attached hydrogens (primary N) is 1. The second-order valence-corrected chi connectivity index (χ2v) is 3.94. The summed E-state index contributed by atoms with van der Waals surface area (Å²) >= 11 is 0. The van der Waals surface area contributed by atoms with Gasteiger partial charge in [-0.3, -0.25) is 0 Å². The first-order valence-corrected chi connectivity index (χ1v) is 4.78. The summed E-state index contributed by atoms with van der Waals surface area (Å²) in [6.45, 7) is 2.45. The van der Waals surface area contributed by atoms with E-state index in [1.54, 1.807) is 0 Å². The second-order valence-electron chi connectivity index (χ2n) is 3.94. The SMILES string of the molecule is NC1CCOC2(CCCOC2)C1. The highest BCUT2D eigenvalue weighted by atomic mass is 16.5. The molecule has 2 atom stereocenters. The van der Waals surface area contributed by atoms with Gasteiger partial charge in [-0.25, -0.2) is 0 Å². The lowest BCUT2D eigenvalue weighted by Crippen LogP contribution is -2.50. The van der Waals surface area contributed by atoms with Gasteiger partial charge in [0.1, 0.15) is 0 Å². The number of hydrogen-bond acceptors (Lipinski definition) is 3. The van der Waals surface area contributed by atoms with Gasteiger partial charge in [-0.1, -0.05) is 0 Å². The molecule has 2 unspecified atom stereocenters. The van der Waals surface area contributed by atoms with Gasteiger partial charge < -0.3 is 15.2 Å². The van der Waals surface area contributed by atoms with Crippen molar-refractivity contribution in [1.29, 1.82) is 0 Å². The minimum absolute atomic E-state index is 0.0179. The fourth-order valence-corrected chi connectivity index (χ4v) is 2.17. The Morgan fingerprint density at radius 1 is 1.33 bits per heavy atom. The summed E-state index contributed by atoms with van der Waals surface area (Å²) < 4.78 is 11.2. The molecule has 2 aliphatic rings. The van der Waals surface area contributed by atoms with Crippen LogP contribution >= 0.6 is 0 Å². The Morgan fingerprint density at radius 2 is 2.25 bits per heavy atom. The van der Waals surface area contributed by atoms with Crippen LogP contribution in [0.15, 0.2) is 0 Å². The minimum Gasteiger partial charge on any atom is -0.378 e. The Hall–Kier alpha value is -0.120. The molecule has 1 spiro atoms. The fourth-order valence-electron chi connectivity index (χ4n) is 2.17.